The highest BCUT2D eigenvalue weighted by molar-refractivity contribution is 6.04. The molecule has 2 aromatic rings. The van der Waals surface area contributed by atoms with E-state index in [2.05, 4.69) is 36.0 Å². The molecule has 0 aliphatic rings. The fourth-order valence-electron chi connectivity index (χ4n) is 2.56. The lowest BCUT2D eigenvalue weighted by Gasteiger charge is -2.18. The predicted molar refractivity (Wildman–Crippen MR) is 101 cm³/mol. The molecule has 1 N–H and O–H groups in total. The number of para-hydroxylation sites is 1. The van der Waals surface area contributed by atoms with Crippen LogP contribution in [0.3, 0.4) is 0 Å². The van der Waals surface area contributed by atoms with Gasteiger partial charge in [-0.15, -0.1) is 0 Å². The molecule has 0 spiro atoms. The molecule has 2 rings (SSSR count). The molecular weight excluding hydrogens is 298 g/mol. The van der Waals surface area contributed by atoms with Gasteiger partial charge in [0.25, 0.3) is 5.91 Å². The smallest absolute Gasteiger partial charge is 0.257 e. The third-order valence-corrected chi connectivity index (χ3v) is 4.08. The number of nitrogens with one attached hydrogen (secondary N) is 1. The largest absolute Gasteiger partial charge is 0.360 e. The molecule has 0 unspecified atom stereocenters. The van der Waals surface area contributed by atoms with Crippen molar-refractivity contribution in [3.8, 4) is 0 Å². The molecule has 0 saturated carbocycles. The van der Waals surface area contributed by atoms with Crippen LogP contribution in [0.1, 0.15) is 55.5 Å². The monoisotopic (exact) mass is 325 g/mol. The van der Waals surface area contributed by atoms with Crippen LogP contribution in [0, 0.1) is 0 Å². The number of rotatable bonds is 7. The highest BCUT2D eigenvalue weighted by Crippen LogP contribution is 2.24. The summed E-state index contributed by atoms with van der Waals surface area (Å²) in [5.74, 6) is 1.12. The lowest BCUT2D eigenvalue weighted by Crippen LogP contribution is -2.20. The van der Waals surface area contributed by atoms with Gasteiger partial charge >= 0.3 is 0 Å². The van der Waals surface area contributed by atoms with Gasteiger partial charge in [0.2, 0.25) is 0 Å². The number of anilines is 2. The Morgan fingerprint density at radius 3 is 2.58 bits per heavy atom. The van der Waals surface area contributed by atoms with E-state index in [1.54, 1.807) is 6.20 Å². The van der Waals surface area contributed by atoms with E-state index < -0.39 is 0 Å². The highest BCUT2D eigenvalue weighted by Gasteiger charge is 2.12. The first-order valence-corrected chi connectivity index (χ1v) is 8.60. The Kier molecular flexibility index (Phi) is 6.36. The van der Waals surface area contributed by atoms with Crippen molar-refractivity contribution in [2.45, 2.75) is 39.5 Å². The van der Waals surface area contributed by atoms with Gasteiger partial charge in [-0.1, -0.05) is 45.4 Å². The molecule has 1 aromatic carbocycles. The van der Waals surface area contributed by atoms with Crippen LogP contribution in [-0.2, 0) is 0 Å². The number of benzene rings is 1. The zero-order valence-electron chi connectivity index (χ0n) is 15.0. The lowest BCUT2D eigenvalue weighted by atomic mass is 10.0. The molecule has 128 valence electrons. The molecule has 4 nitrogen and oxygen atoms in total. The molecule has 0 atom stereocenters. The van der Waals surface area contributed by atoms with Crippen molar-refractivity contribution < 1.29 is 4.79 Å². The average molecular weight is 325 g/mol. The van der Waals surface area contributed by atoms with E-state index in [0.29, 0.717) is 11.5 Å². The number of aromatic nitrogens is 1. The maximum absolute atomic E-state index is 12.5. The highest BCUT2D eigenvalue weighted by atomic mass is 16.1. The van der Waals surface area contributed by atoms with Gasteiger partial charge in [-0.25, -0.2) is 4.98 Å². The van der Waals surface area contributed by atoms with Crippen LogP contribution in [0.5, 0.6) is 0 Å². The average Bonchev–Trinajstić information content (AvgIpc) is 2.60. The number of unbranched alkanes of at least 4 members (excludes halogenated alkanes) is 1. The SMILES string of the molecule is CCCCN(C)c1ccc(C(=O)Nc2ccccc2C(C)C)cn1. The zero-order chi connectivity index (χ0) is 17.5. The normalized spacial score (nSPS) is 10.7. The Morgan fingerprint density at radius 2 is 1.96 bits per heavy atom. The van der Waals surface area contributed by atoms with Crippen molar-refractivity contribution in [1.82, 2.24) is 4.98 Å². The number of pyridine rings is 1. The van der Waals surface area contributed by atoms with Crippen molar-refractivity contribution in [3.63, 3.8) is 0 Å². The molecule has 0 aliphatic carbocycles. The van der Waals surface area contributed by atoms with Gasteiger partial charge in [0.1, 0.15) is 5.82 Å². The number of nitrogens with zero attached hydrogens (tertiary/aromatic N) is 2. The number of carbonyl (C=O) groups excluding carboxylic acids is 1. The summed E-state index contributed by atoms with van der Waals surface area (Å²) in [4.78, 5) is 19.0. The minimum Gasteiger partial charge on any atom is -0.360 e. The summed E-state index contributed by atoms with van der Waals surface area (Å²) >= 11 is 0. The van der Waals surface area contributed by atoms with Gasteiger partial charge in [-0.2, -0.15) is 0 Å². The van der Waals surface area contributed by atoms with Crippen LogP contribution in [-0.4, -0.2) is 24.5 Å². The summed E-state index contributed by atoms with van der Waals surface area (Å²) in [5, 5.41) is 3.00. The first-order valence-electron chi connectivity index (χ1n) is 8.60. The van der Waals surface area contributed by atoms with E-state index in [0.717, 1.165) is 36.5 Å². The first-order chi connectivity index (χ1) is 11.5. The van der Waals surface area contributed by atoms with Crippen molar-refractivity contribution in [1.29, 1.82) is 0 Å². The van der Waals surface area contributed by atoms with Crippen LogP contribution in [0.4, 0.5) is 11.5 Å². The van der Waals surface area contributed by atoms with Gasteiger partial charge in [-0.05, 0) is 36.1 Å². The van der Waals surface area contributed by atoms with Crippen LogP contribution in [0.25, 0.3) is 0 Å². The number of amides is 1. The van der Waals surface area contributed by atoms with E-state index in [9.17, 15) is 4.79 Å². The molecule has 24 heavy (non-hydrogen) atoms. The van der Waals surface area contributed by atoms with Crippen molar-refractivity contribution >= 4 is 17.4 Å². The summed E-state index contributed by atoms with van der Waals surface area (Å²) in [6.45, 7) is 7.38. The lowest BCUT2D eigenvalue weighted by molar-refractivity contribution is 0.102. The Balaban J connectivity index is 2.08. The van der Waals surface area contributed by atoms with Gasteiger partial charge in [0.05, 0.1) is 5.56 Å². The van der Waals surface area contributed by atoms with E-state index in [-0.39, 0.29) is 5.91 Å². The maximum atomic E-state index is 12.5. The predicted octanol–water partition coefficient (Wildman–Crippen LogP) is 4.69. The molecule has 1 heterocycles. The minimum atomic E-state index is -0.127. The minimum absolute atomic E-state index is 0.127. The summed E-state index contributed by atoms with van der Waals surface area (Å²) in [5.41, 5.74) is 2.57. The molecule has 0 radical (unpaired) electrons. The third kappa shape index (κ3) is 4.57. The molecule has 1 amide bonds. The number of hydrogen-bond donors (Lipinski definition) is 1. The van der Waals surface area contributed by atoms with E-state index in [4.69, 9.17) is 0 Å². The van der Waals surface area contributed by atoms with Crippen molar-refractivity contribution in [2.24, 2.45) is 0 Å². The number of hydrogen-bond acceptors (Lipinski definition) is 3. The summed E-state index contributed by atoms with van der Waals surface area (Å²) in [6, 6.07) is 11.6. The van der Waals surface area contributed by atoms with E-state index >= 15 is 0 Å². The molecular formula is C20H27N3O. The number of carbonyl (C=O) groups is 1. The molecule has 4 heteroatoms. The zero-order valence-corrected chi connectivity index (χ0v) is 15.0. The van der Waals surface area contributed by atoms with Gasteiger partial charge in [-0.3, -0.25) is 4.79 Å². The second-order valence-electron chi connectivity index (χ2n) is 6.38. The fraction of sp³-hybridized carbons (Fsp3) is 0.400. The summed E-state index contributed by atoms with van der Waals surface area (Å²) < 4.78 is 0. The standard InChI is InChI=1S/C20H27N3O/c1-5-6-13-23(4)19-12-11-16(14-21-19)20(24)22-18-10-8-7-9-17(18)15(2)3/h7-12,14-15H,5-6,13H2,1-4H3,(H,22,24). The van der Waals surface area contributed by atoms with Crippen LogP contribution < -0.4 is 10.2 Å². The van der Waals surface area contributed by atoms with E-state index in [1.165, 1.54) is 0 Å². The Morgan fingerprint density at radius 1 is 1.21 bits per heavy atom. The summed E-state index contributed by atoms with van der Waals surface area (Å²) in [6.07, 6.45) is 3.93. The second kappa shape index (κ2) is 8.48. The molecule has 0 fully saturated rings. The van der Waals surface area contributed by atoms with Gasteiger partial charge < -0.3 is 10.2 Å². The molecule has 0 bridgehead atoms. The van der Waals surface area contributed by atoms with Crippen molar-refractivity contribution in [2.75, 3.05) is 23.8 Å². The quantitative estimate of drug-likeness (QED) is 0.803. The topological polar surface area (TPSA) is 45.2 Å². The molecule has 1 aromatic heterocycles. The van der Waals surface area contributed by atoms with Crippen molar-refractivity contribution in [3.05, 3.63) is 53.7 Å². The Bertz CT molecular complexity index is 665. The van der Waals surface area contributed by atoms with E-state index in [1.807, 2.05) is 43.4 Å². The molecule has 0 aliphatic heterocycles. The Labute approximate surface area is 144 Å². The second-order valence-corrected chi connectivity index (χ2v) is 6.38. The summed E-state index contributed by atoms with van der Waals surface area (Å²) in [7, 11) is 2.02. The van der Waals surface area contributed by atoms with Crippen LogP contribution in [0.15, 0.2) is 42.6 Å². The van der Waals surface area contributed by atoms with Crippen LogP contribution in [0.2, 0.25) is 0 Å². The third-order valence-electron chi connectivity index (χ3n) is 4.08. The maximum Gasteiger partial charge on any atom is 0.257 e. The molecule has 0 saturated heterocycles. The van der Waals surface area contributed by atoms with Gasteiger partial charge in [0, 0.05) is 25.5 Å². The Hall–Kier alpha value is -2.36. The first kappa shape index (κ1) is 18.0. The van der Waals surface area contributed by atoms with Crippen LogP contribution >= 0.6 is 0 Å². The fourth-order valence-corrected chi connectivity index (χ4v) is 2.56. The van der Waals surface area contributed by atoms with Gasteiger partial charge in [0.15, 0.2) is 0 Å².